The maximum Gasteiger partial charge on any atom is 0.313 e. The first-order chi connectivity index (χ1) is 9.25. The second-order valence-electron chi connectivity index (χ2n) is 4.06. The van der Waals surface area contributed by atoms with Crippen LogP contribution in [0.2, 0.25) is 0 Å². The molecule has 19 heavy (non-hydrogen) atoms. The third-order valence-corrected chi connectivity index (χ3v) is 3.95. The molecule has 2 aromatic carbocycles. The van der Waals surface area contributed by atoms with E-state index in [2.05, 4.69) is 9.97 Å². The number of carbonyl (C=O) groups is 1. The number of rotatable bonds is 3. The fourth-order valence-electron chi connectivity index (χ4n) is 2.04. The van der Waals surface area contributed by atoms with Gasteiger partial charge >= 0.3 is 5.97 Å². The molecule has 3 aromatic rings. The highest BCUT2D eigenvalue weighted by Gasteiger charge is 2.10. The van der Waals surface area contributed by atoms with Gasteiger partial charge < -0.3 is 5.11 Å². The Kier molecular flexibility index (Phi) is 3.05. The molecule has 3 rings (SSSR count). The number of hydrogen-bond acceptors (Lipinski definition) is 4. The van der Waals surface area contributed by atoms with E-state index in [1.165, 1.54) is 18.1 Å². The molecule has 0 aliphatic rings. The predicted molar refractivity (Wildman–Crippen MR) is 75.4 cm³/mol. The first-order valence-electron chi connectivity index (χ1n) is 5.72. The molecule has 4 nitrogen and oxygen atoms in total. The molecule has 1 N–H and O–H groups in total. The Labute approximate surface area is 113 Å². The van der Waals surface area contributed by atoms with Crippen molar-refractivity contribution in [1.29, 1.82) is 0 Å². The van der Waals surface area contributed by atoms with Gasteiger partial charge in [0.15, 0.2) is 0 Å². The molecule has 0 radical (unpaired) electrons. The monoisotopic (exact) mass is 270 g/mol. The van der Waals surface area contributed by atoms with E-state index in [4.69, 9.17) is 5.11 Å². The quantitative estimate of drug-likeness (QED) is 0.585. The predicted octanol–water partition coefficient (Wildman–Crippen LogP) is 2.96. The molecule has 0 bridgehead atoms. The van der Waals surface area contributed by atoms with Crippen molar-refractivity contribution in [3.8, 4) is 0 Å². The Bertz CT molecular complexity index is 720. The summed E-state index contributed by atoms with van der Waals surface area (Å²) in [6.45, 7) is 0. The minimum absolute atomic E-state index is 0.0258. The molecule has 0 saturated carbocycles. The zero-order valence-electron chi connectivity index (χ0n) is 9.91. The average molecular weight is 270 g/mol. The summed E-state index contributed by atoms with van der Waals surface area (Å²) in [5, 5.41) is 11.9. The van der Waals surface area contributed by atoms with Crippen LogP contribution in [0.3, 0.4) is 0 Å². The van der Waals surface area contributed by atoms with Gasteiger partial charge in [0.05, 0.1) is 11.3 Å². The molecule has 0 amide bonds. The summed E-state index contributed by atoms with van der Waals surface area (Å²) < 4.78 is 0. The number of aromatic nitrogens is 2. The summed E-state index contributed by atoms with van der Waals surface area (Å²) in [7, 11) is 0. The molecule has 5 heteroatoms. The highest BCUT2D eigenvalue weighted by molar-refractivity contribution is 8.00. The van der Waals surface area contributed by atoms with Gasteiger partial charge in [-0.15, -0.1) is 11.8 Å². The Hall–Kier alpha value is -2.14. The van der Waals surface area contributed by atoms with E-state index >= 15 is 0 Å². The summed E-state index contributed by atoms with van der Waals surface area (Å²) in [4.78, 5) is 20.0. The number of carboxylic acid groups (broad SMARTS) is 1. The Morgan fingerprint density at radius 1 is 1.26 bits per heavy atom. The second-order valence-corrected chi connectivity index (χ2v) is 5.05. The number of nitrogens with zero attached hydrogens (tertiary/aromatic N) is 2. The third kappa shape index (κ3) is 2.24. The van der Waals surface area contributed by atoms with Gasteiger partial charge in [-0.3, -0.25) is 4.79 Å². The van der Waals surface area contributed by atoms with Gasteiger partial charge in [0.2, 0.25) is 0 Å². The Morgan fingerprint density at radius 2 is 2.11 bits per heavy atom. The van der Waals surface area contributed by atoms with Crippen LogP contribution >= 0.6 is 11.8 Å². The van der Waals surface area contributed by atoms with Crippen LogP contribution in [-0.2, 0) is 4.79 Å². The van der Waals surface area contributed by atoms with Gasteiger partial charge in [-0.25, -0.2) is 9.97 Å². The van der Waals surface area contributed by atoms with E-state index < -0.39 is 5.97 Å². The zero-order valence-corrected chi connectivity index (χ0v) is 10.7. The van der Waals surface area contributed by atoms with Crippen LogP contribution in [-0.4, -0.2) is 26.8 Å². The average Bonchev–Trinajstić information content (AvgIpc) is 2.43. The summed E-state index contributed by atoms with van der Waals surface area (Å²) in [5.74, 6) is -0.805. The molecular weight excluding hydrogens is 260 g/mol. The van der Waals surface area contributed by atoms with Gasteiger partial charge in [0.25, 0.3) is 0 Å². The lowest BCUT2D eigenvalue weighted by molar-refractivity contribution is -0.133. The van der Waals surface area contributed by atoms with Crippen molar-refractivity contribution >= 4 is 39.4 Å². The lowest BCUT2D eigenvalue weighted by Gasteiger charge is -2.08. The third-order valence-electron chi connectivity index (χ3n) is 2.83. The first-order valence-corrected chi connectivity index (χ1v) is 6.70. The van der Waals surface area contributed by atoms with Gasteiger partial charge in [0.1, 0.15) is 6.33 Å². The number of hydrogen-bond donors (Lipinski definition) is 1. The van der Waals surface area contributed by atoms with Crippen LogP contribution in [0, 0.1) is 0 Å². The molecule has 0 aliphatic heterocycles. The van der Waals surface area contributed by atoms with Crippen LogP contribution in [0.4, 0.5) is 0 Å². The fourth-order valence-corrected chi connectivity index (χ4v) is 2.96. The summed E-state index contributed by atoms with van der Waals surface area (Å²) in [6, 6.07) is 9.90. The van der Waals surface area contributed by atoms with E-state index in [0.717, 1.165) is 26.6 Å². The largest absolute Gasteiger partial charge is 0.481 e. The summed E-state index contributed by atoms with van der Waals surface area (Å²) in [5.41, 5.74) is 0.835. The minimum Gasteiger partial charge on any atom is -0.481 e. The number of aliphatic carboxylic acids is 1. The minimum atomic E-state index is -0.831. The molecule has 0 fully saturated rings. The van der Waals surface area contributed by atoms with Crippen molar-refractivity contribution < 1.29 is 9.90 Å². The van der Waals surface area contributed by atoms with Gasteiger partial charge in [-0.2, -0.15) is 0 Å². The van der Waals surface area contributed by atoms with E-state index in [0.29, 0.717) is 0 Å². The van der Waals surface area contributed by atoms with Crippen molar-refractivity contribution in [3.05, 3.63) is 42.9 Å². The topological polar surface area (TPSA) is 63.1 Å². The Morgan fingerprint density at radius 3 is 2.95 bits per heavy atom. The smallest absolute Gasteiger partial charge is 0.313 e. The number of fused-ring (bicyclic) bond motifs is 2. The standard InChI is InChI=1S/C14H10N2O2S/c17-13(18)7-19-14-10-4-2-1-3-9(10)5-12-11(14)6-15-8-16-12/h1-6,8H,7H2,(H,17,18). The van der Waals surface area contributed by atoms with Crippen LogP contribution in [0.25, 0.3) is 21.7 Å². The highest BCUT2D eigenvalue weighted by atomic mass is 32.2. The van der Waals surface area contributed by atoms with Crippen molar-refractivity contribution in [1.82, 2.24) is 9.97 Å². The number of benzene rings is 2. The van der Waals surface area contributed by atoms with Gasteiger partial charge in [-0.05, 0) is 16.8 Å². The molecular formula is C14H10N2O2S. The van der Waals surface area contributed by atoms with E-state index in [-0.39, 0.29) is 5.75 Å². The summed E-state index contributed by atoms with van der Waals surface area (Å²) >= 11 is 1.31. The van der Waals surface area contributed by atoms with Crippen LogP contribution in [0.1, 0.15) is 0 Å². The highest BCUT2D eigenvalue weighted by Crippen LogP contribution is 2.34. The normalized spacial score (nSPS) is 10.9. The second kappa shape index (κ2) is 4.85. The maximum atomic E-state index is 10.8. The van der Waals surface area contributed by atoms with Crippen molar-refractivity contribution in [3.63, 3.8) is 0 Å². The van der Waals surface area contributed by atoms with E-state index in [1.807, 2.05) is 30.3 Å². The van der Waals surface area contributed by atoms with E-state index in [1.54, 1.807) is 6.20 Å². The van der Waals surface area contributed by atoms with Crippen molar-refractivity contribution in [2.75, 3.05) is 5.75 Å². The summed E-state index contributed by atoms with van der Waals surface area (Å²) in [6.07, 6.45) is 3.24. The van der Waals surface area contributed by atoms with Crippen molar-refractivity contribution in [2.24, 2.45) is 0 Å². The van der Waals surface area contributed by atoms with Crippen LogP contribution in [0.15, 0.2) is 47.8 Å². The van der Waals surface area contributed by atoms with Gasteiger partial charge in [0, 0.05) is 16.5 Å². The first kappa shape index (κ1) is 11.9. The molecule has 1 aromatic heterocycles. The number of thioether (sulfide) groups is 1. The lowest BCUT2D eigenvalue weighted by Crippen LogP contribution is -1.98. The molecule has 1 heterocycles. The molecule has 0 aliphatic carbocycles. The SMILES string of the molecule is O=C(O)CSc1c2ccccc2cc2ncncc12. The Balaban J connectivity index is 2.29. The maximum absolute atomic E-state index is 10.8. The van der Waals surface area contributed by atoms with Crippen LogP contribution < -0.4 is 0 Å². The molecule has 0 unspecified atom stereocenters. The molecule has 0 saturated heterocycles. The molecule has 0 atom stereocenters. The van der Waals surface area contributed by atoms with Crippen LogP contribution in [0.5, 0.6) is 0 Å². The molecule has 94 valence electrons. The fraction of sp³-hybridized carbons (Fsp3) is 0.0714. The van der Waals surface area contributed by atoms with Gasteiger partial charge in [-0.1, -0.05) is 24.3 Å². The lowest BCUT2D eigenvalue weighted by atomic mass is 10.1. The number of carboxylic acids is 1. The molecule has 0 spiro atoms. The van der Waals surface area contributed by atoms with Crippen molar-refractivity contribution in [2.45, 2.75) is 4.90 Å². The van der Waals surface area contributed by atoms with E-state index in [9.17, 15) is 4.79 Å². The zero-order chi connectivity index (χ0) is 13.2.